The van der Waals surface area contributed by atoms with Crippen LogP contribution in [0.5, 0.6) is 0 Å². The third-order valence-corrected chi connectivity index (χ3v) is 3.64. The van der Waals surface area contributed by atoms with Crippen molar-refractivity contribution in [2.24, 2.45) is 0 Å². The van der Waals surface area contributed by atoms with Gasteiger partial charge in [0, 0.05) is 23.9 Å². The van der Waals surface area contributed by atoms with Crippen molar-refractivity contribution in [3.8, 4) is 6.07 Å². The average Bonchev–Trinajstić information content (AvgIpc) is 2.38. The number of hydrogen-bond acceptors (Lipinski definition) is 5. The number of nitrogens with one attached hydrogen (secondary N) is 1. The molecule has 1 aromatic rings. The maximum atomic E-state index is 10.6. The molecule has 0 amide bonds. The van der Waals surface area contributed by atoms with Gasteiger partial charge in [0.25, 0.3) is 5.69 Å². The molecule has 1 N–H and O–H groups in total. The average molecular weight is 265 g/mol. The van der Waals surface area contributed by atoms with Crippen LogP contribution in [-0.2, 0) is 0 Å². The molecule has 5 nitrogen and oxygen atoms in total. The van der Waals surface area contributed by atoms with E-state index < -0.39 is 4.92 Å². The van der Waals surface area contributed by atoms with Crippen LogP contribution in [0.15, 0.2) is 18.2 Å². The van der Waals surface area contributed by atoms with Crippen molar-refractivity contribution in [1.29, 1.82) is 5.26 Å². The normalized spacial score (nSPS) is 11.6. The number of nitriles is 1. The molecule has 0 heterocycles. The predicted molar refractivity (Wildman–Crippen MR) is 73.9 cm³/mol. The van der Waals surface area contributed by atoms with Gasteiger partial charge in [0.05, 0.1) is 16.2 Å². The third-order valence-electron chi connectivity index (χ3n) is 2.60. The second-order valence-electron chi connectivity index (χ2n) is 3.86. The smallest absolute Gasteiger partial charge is 0.270 e. The first-order valence-electron chi connectivity index (χ1n) is 5.53. The Morgan fingerprint density at radius 2 is 2.33 bits per heavy atom. The van der Waals surface area contributed by atoms with Crippen LogP contribution in [0.3, 0.4) is 0 Å². The minimum absolute atomic E-state index is 0.0606. The lowest BCUT2D eigenvalue weighted by molar-refractivity contribution is -0.384. The Bertz CT molecular complexity index is 471. The number of benzene rings is 1. The van der Waals surface area contributed by atoms with Crippen molar-refractivity contribution in [2.75, 3.05) is 18.1 Å². The monoisotopic (exact) mass is 265 g/mol. The van der Waals surface area contributed by atoms with E-state index in [9.17, 15) is 10.1 Å². The van der Waals surface area contributed by atoms with Crippen LogP contribution < -0.4 is 5.32 Å². The molecular weight excluding hydrogens is 250 g/mol. The maximum Gasteiger partial charge on any atom is 0.270 e. The second kappa shape index (κ2) is 6.87. The van der Waals surface area contributed by atoms with Gasteiger partial charge in [0.15, 0.2) is 0 Å². The van der Waals surface area contributed by atoms with Crippen LogP contribution in [-0.4, -0.2) is 23.0 Å². The number of anilines is 1. The molecule has 0 saturated carbocycles. The number of rotatable bonds is 6. The van der Waals surface area contributed by atoms with E-state index in [4.69, 9.17) is 5.26 Å². The summed E-state index contributed by atoms with van der Waals surface area (Å²) in [5.74, 6) is 0. The first-order chi connectivity index (χ1) is 8.58. The Balaban J connectivity index is 2.72. The minimum atomic E-state index is -0.500. The lowest BCUT2D eigenvalue weighted by Crippen LogP contribution is -2.08. The van der Waals surface area contributed by atoms with E-state index in [-0.39, 0.29) is 5.69 Å². The Hall–Kier alpha value is -1.74. The molecule has 0 aliphatic carbocycles. The molecule has 0 aliphatic rings. The second-order valence-corrected chi connectivity index (χ2v) is 5.14. The summed E-state index contributed by atoms with van der Waals surface area (Å²) in [5.41, 5.74) is 0.895. The molecule has 0 radical (unpaired) electrons. The van der Waals surface area contributed by atoms with E-state index in [2.05, 4.69) is 18.5 Å². The summed E-state index contributed by atoms with van der Waals surface area (Å²) in [6.07, 6.45) is 3.03. The molecule has 1 unspecified atom stereocenters. The van der Waals surface area contributed by atoms with Gasteiger partial charge in [0.1, 0.15) is 6.07 Å². The highest BCUT2D eigenvalue weighted by Gasteiger charge is 2.10. The third kappa shape index (κ3) is 3.93. The molecule has 1 atom stereocenters. The summed E-state index contributed by atoms with van der Waals surface area (Å²) in [4.78, 5) is 10.1. The fourth-order valence-corrected chi connectivity index (χ4v) is 1.77. The Kier molecular flexibility index (Phi) is 5.46. The molecule has 18 heavy (non-hydrogen) atoms. The highest BCUT2D eigenvalue weighted by atomic mass is 32.2. The summed E-state index contributed by atoms with van der Waals surface area (Å²) in [7, 11) is 0. The number of thioether (sulfide) groups is 1. The zero-order valence-corrected chi connectivity index (χ0v) is 11.2. The molecule has 0 fully saturated rings. The fourth-order valence-electron chi connectivity index (χ4n) is 1.42. The van der Waals surface area contributed by atoms with Crippen LogP contribution in [0.1, 0.15) is 18.9 Å². The number of nitrogens with zero attached hydrogens (tertiary/aromatic N) is 2. The fraction of sp³-hybridized carbons (Fsp3) is 0.417. The molecule has 0 saturated heterocycles. The van der Waals surface area contributed by atoms with Gasteiger partial charge in [-0.1, -0.05) is 6.92 Å². The van der Waals surface area contributed by atoms with Gasteiger partial charge < -0.3 is 5.32 Å². The Labute approximate surface area is 110 Å². The van der Waals surface area contributed by atoms with Gasteiger partial charge in [0.2, 0.25) is 0 Å². The molecule has 0 spiro atoms. The van der Waals surface area contributed by atoms with Gasteiger partial charge in [-0.3, -0.25) is 10.1 Å². The van der Waals surface area contributed by atoms with Crippen molar-refractivity contribution in [3.05, 3.63) is 33.9 Å². The molecule has 0 aliphatic heterocycles. The van der Waals surface area contributed by atoms with E-state index in [1.54, 1.807) is 17.8 Å². The number of nitro groups is 1. The van der Waals surface area contributed by atoms with E-state index >= 15 is 0 Å². The van der Waals surface area contributed by atoms with Crippen molar-refractivity contribution >= 4 is 23.1 Å². The van der Waals surface area contributed by atoms with Gasteiger partial charge in [-0.05, 0) is 18.7 Å². The molecule has 6 heteroatoms. The summed E-state index contributed by atoms with van der Waals surface area (Å²) in [6.45, 7) is 2.88. The van der Waals surface area contributed by atoms with Crippen LogP contribution in [0, 0.1) is 21.4 Å². The predicted octanol–water partition coefficient (Wildman–Crippen LogP) is 3.02. The highest BCUT2D eigenvalue weighted by molar-refractivity contribution is 7.99. The van der Waals surface area contributed by atoms with E-state index in [0.717, 1.165) is 13.0 Å². The number of hydrogen-bond donors (Lipinski definition) is 1. The zero-order valence-electron chi connectivity index (χ0n) is 10.3. The van der Waals surface area contributed by atoms with Crippen LogP contribution >= 0.6 is 11.8 Å². The minimum Gasteiger partial charge on any atom is -0.384 e. The number of non-ortho nitro benzene ring substituents is 1. The van der Waals surface area contributed by atoms with Crippen molar-refractivity contribution in [2.45, 2.75) is 18.6 Å². The lowest BCUT2D eigenvalue weighted by Gasteiger charge is -2.11. The number of nitro benzene ring substituents is 1. The quantitative estimate of drug-likeness (QED) is 0.631. The van der Waals surface area contributed by atoms with E-state index in [1.165, 1.54) is 12.1 Å². The summed E-state index contributed by atoms with van der Waals surface area (Å²) in [5, 5.41) is 23.2. The molecular formula is C12H15N3O2S. The Morgan fingerprint density at radius 3 is 2.89 bits per heavy atom. The summed E-state index contributed by atoms with van der Waals surface area (Å²) in [6, 6.07) is 6.25. The highest BCUT2D eigenvalue weighted by Crippen LogP contribution is 2.21. The van der Waals surface area contributed by atoms with Gasteiger partial charge >= 0.3 is 0 Å². The maximum absolute atomic E-state index is 10.6. The molecule has 1 rings (SSSR count). The van der Waals surface area contributed by atoms with Gasteiger partial charge in [-0.15, -0.1) is 0 Å². The van der Waals surface area contributed by atoms with Gasteiger partial charge in [-0.2, -0.15) is 17.0 Å². The zero-order chi connectivity index (χ0) is 13.5. The van der Waals surface area contributed by atoms with Crippen molar-refractivity contribution in [1.82, 2.24) is 0 Å². The standard InChI is InChI=1S/C12H15N3O2S/c1-9(18-2)5-6-14-12-4-3-11(15(16)17)7-10(12)8-13/h3-4,7,9,14H,5-6H2,1-2H3. The summed E-state index contributed by atoms with van der Waals surface area (Å²) < 4.78 is 0. The van der Waals surface area contributed by atoms with E-state index in [0.29, 0.717) is 16.5 Å². The Morgan fingerprint density at radius 1 is 1.61 bits per heavy atom. The van der Waals surface area contributed by atoms with Crippen molar-refractivity contribution in [3.63, 3.8) is 0 Å². The largest absolute Gasteiger partial charge is 0.384 e. The van der Waals surface area contributed by atoms with Crippen LogP contribution in [0.25, 0.3) is 0 Å². The van der Waals surface area contributed by atoms with Crippen LogP contribution in [0.4, 0.5) is 11.4 Å². The van der Waals surface area contributed by atoms with Gasteiger partial charge in [-0.25, -0.2) is 0 Å². The van der Waals surface area contributed by atoms with Crippen molar-refractivity contribution < 1.29 is 4.92 Å². The van der Waals surface area contributed by atoms with E-state index in [1.807, 2.05) is 6.07 Å². The molecule has 96 valence electrons. The summed E-state index contributed by atoms with van der Waals surface area (Å²) >= 11 is 1.78. The first kappa shape index (κ1) is 14.3. The lowest BCUT2D eigenvalue weighted by atomic mass is 10.1. The van der Waals surface area contributed by atoms with Crippen LogP contribution in [0.2, 0.25) is 0 Å². The molecule has 0 bridgehead atoms. The molecule has 0 aromatic heterocycles. The molecule has 1 aromatic carbocycles. The first-order valence-corrected chi connectivity index (χ1v) is 6.82. The SMILES string of the molecule is CSC(C)CCNc1ccc([N+](=O)[O-])cc1C#N. The topological polar surface area (TPSA) is 79.0 Å².